The summed E-state index contributed by atoms with van der Waals surface area (Å²) < 4.78 is 4.33. The maximum Gasteiger partial charge on any atom is 0.330 e. The molecule has 0 radical (unpaired) electrons. The Hall–Kier alpha value is -2.17. The third-order valence-corrected chi connectivity index (χ3v) is 1.50. The number of ether oxygens (including phenoxy) is 1. The quantitative estimate of drug-likeness (QED) is 0.585. The summed E-state index contributed by atoms with van der Waals surface area (Å²) in [6.45, 7) is 0. The fraction of sp³-hybridized carbons (Fsp3) is 0.100. The van der Waals surface area contributed by atoms with Crippen LogP contribution in [0, 0.1) is 0 Å². The highest BCUT2D eigenvalue weighted by Gasteiger charge is 1.98. The molecular formula is C10H10N2O3. The minimum atomic E-state index is -0.573. The van der Waals surface area contributed by atoms with E-state index < -0.39 is 11.9 Å². The van der Waals surface area contributed by atoms with Crippen LogP contribution in [0.4, 0.5) is 5.69 Å². The van der Waals surface area contributed by atoms with Gasteiger partial charge in [-0.1, -0.05) is 0 Å². The molecule has 15 heavy (non-hydrogen) atoms. The molecule has 1 N–H and O–H groups in total. The maximum atomic E-state index is 11.2. The van der Waals surface area contributed by atoms with E-state index in [0.29, 0.717) is 5.69 Å². The van der Waals surface area contributed by atoms with Gasteiger partial charge in [-0.25, -0.2) is 4.79 Å². The first kappa shape index (κ1) is 10.9. The normalized spacial score (nSPS) is 9.93. The summed E-state index contributed by atoms with van der Waals surface area (Å²) in [4.78, 5) is 25.7. The fourth-order valence-corrected chi connectivity index (χ4v) is 0.832. The van der Waals surface area contributed by atoms with E-state index in [1.54, 1.807) is 18.3 Å². The molecule has 1 amide bonds. The molecule has 5 heteroatoms. The van der Waals surface area contributed by atoms with Crippen molar-refractivity contribution in [2.24, 2.45) is 0 Å². The Bertz CT molecular complexity index is 374. The average Bonchev–Trinajstić information content (AvgIpc) is 2.27. The van der Waals surface area contributed by atoms with E-state index in [1.807, 2.05) is 0 Å². The van der Waals surface area contributed by atoms with Crippen LogP contribution in [0.2, 0.25) is 0 Å². The number of rotatable bonds is 3. The molecular weight excluding hydrogens is 196 g/mol. The molecule has 0 bridgehead atoms. The first-order chi connectivity index (χ1) is 7.22. The van der Waals surface area contributed by atoms with Gasteiger partial charge in [0.15, 0.2) is 0 Å². The van der Waals surface area contributed by atoms with E-state index in [-0.39, 0.29) is 0 Å². The average molecular weight is 206 g/mol. The Morgan fingerprint density at radius 2 is 2.27 bits per heavy atom. The molecule has 1 aromatic heterocycles. The molecule has 1 rings (SSSR count). The van der Waals surface area contributed by atoms with Crippen LogP contribution in [0.1, 0.15) is 0 Å². The number of carbonyl (C=O) groups is 2. The highest BCUT2D eigenvalue weighted by atomic mass is 16.5. The molecule has 0 saturated heterocycles. The van der Waals surface area contributed by atoms with Gasteiger partial charge in [-0.05, 0) is 12.1 Å². The van der Waals surface area contributed by atoms with Crippen LogP contribution in [0.5, 0.6) is 0 Å². The van der Waals surface area contributed by atoms with Gasteiger partial charge < -0.3 is 10.1 Å². The summed E-state index contributed by atoms with van der Waals surface area (Å²) in [5.41, 5.74) is 0.567. The van der Waals surface area contributed by atoms with Crippen LogP contribution in [0.3, 0.4) is 0 Å². The fourth-order valence-electron chi connectivity index (χ4n) is 0.832. The summed E-state index contributed by atoms with van der Waals surface area (Å²) in [7, 11) is 1.24. The molecule has 0 aromatic carbocycles. The Kier molecular flexibility index (Phi) is 4.03. The SMILES string of the molecule is COC(=O)C=CC(=O)Nc1cccnc1. The summed E-state index contributed by atoms with van der Waals surface area (Å²) in [5.74, 6) is -0.982. The van der Waals surface area contributed by atoms with Crippen molar-refractivity contribution in [2.45, 2.75) is 0 Å². The second-order valence-electron chi connectivity index (χ2n) is 2.59. The van der Waals surface area contributed by atoms with Crippen molar-refractivity contribution in [1.29, 1.82) is 0 Å². The minimum Gasteiger partial charge on any atom is -0.466 e. The van der Waals surface area contributed by atoms with Crippen LogP contribution in [0.25, 0.3) is 0 Å². The monoisotopic (exact) mass is 206 g/mol. The van der Waals surface area contributed by atoms with Crippen LogP contribution >= 0.6 is 0 Å². The van der Waals surface area contributed by atoms with E-state index in [1.165, 1.54) is 13.3 Å². The number of anilines is 1. The van der Waals surface area contributed by atoms with Crippen molar-refractivity contribution in [2.75, 3.05) is 12.4 Å². The summed E-state index contributed by atoms with van der Waals surface area (Å²) >= 11 is 0. The van der Waals surface area contributed by atoms with Gasteiger partial charge in [0, 0.05) is 18.3 Å². The van der Waals surface area contributed by atoms with Crippen molar-refractivity contribution >= 4 is 17.6 Å². The number of nitrogens with one attached hydrogen (secondary N) is 1. The zero-order chi connectivity index (χ0) is 11.1. The van der Waals surface area contributed by atoms with Gasteiger partial charge in [0.05, 0.1) is 19.0 Å². The number of carbonyl (C=O) groups excluding carboxylic acids is 2. The number of methoxy groups -OCH3 is 1. The number of aromatic nitrogens is 1. The zero-order valence-electron chi connectivity index (χ0n) is 8.14. The lowest BCUT2D eigenvalue weighted by atomic mass is 10.4. The molecule has 0 fully saturated rings. The first-order valence-electron chi connectivity index (χ1n) is 4.19. The Morgan fingerprint density at radius 1 is 1.47 bits per heavy atom. The lowest BCUT2D eigenvalue weighted by Gasteiger charge is -1.99. The number of hydrogen-bond donors (Lipinski definition) is 1. The van der Waals surface area contributed by atoms with Gasteiger partial charge in [-0.3, -0.25) is 9.78 Å². The topological polar surface area (TPSA) is 68.3 Å². The van der Waals surface area contributed by atoms with Crippen molar-refractivity contribution in [3.05, 3.63) is 36.7 Å². The Morgan fingerprint density at radius 3 is 2.87 bits per heavy atom. The van der Waals surface area contributed by atoms with Crippen molar-refractivity contribution in [3.63, 3.8) is 0 Å². The molecule has 0 unspecified atom stereocenters. The van der Waals surface area contributed by atoms with Crippen molar-refractivity contribution in [3.8, 4) is 0 Å². The minimum absolute atomic E-state index is 0.409. The summed E-state index contributed by atoms with van der Waals surface area (Å²) in [5, 5.41) is 2.53. The van der Waals surface area contributed by atoms with Gasteiger partial charge in [0.1, 0.15) is 0 Å². The van der Waals surface area contributed by atoms with Gasteiger partial charge in [-0.15, -0.1) is 0 Å². The maximum absolute atomic E-state index is 11.2. The third-order valence-electron chi connectivity index (χ3n) is 1.50. The predicted octanol–water partition coefficient (Wildman–Crippen LogP) is 0.749. The second kappa shape index (κ2) is 5.54. The molecule has 0 saturated carbocycles. The summed E-state index contributed by atoms with van der Waals surface area (Å²) in [6, 6.07) is 3.39. The van der Waals surface area contributed by atoms with Crippen molar-refractivity contribution < 1.29 is 14.3 Å². The number of amides is 1. The molecule has 0 aliphatic carbocycles. The second-order valence-corrected chi connectivity index (χ2v) is 2.59. The zero-order valence-corrected chi connectivity index (χ0v) is 8.14. The van der Waals surface area contributed by atoms with Gasteiger partial charge in [-0.2, -0.15) is 0 Å². The van der Waals surface area contributed by atoms with Crippen LogP contribution in [-0.4, -0.2) is 24.0 Å². The van der Waals surface area contributed by atoms with Gasteiger partial charge in [0.2, 0.25) is 5.91 Å². The number of hydrogen-bond acceptors (Lipinski definition) is 4. The lowest BCUT2D eigenvalue weighted by Crippen LogP contribution is -2.09. The molecule has 5 nitrogen and oxygen atoms in total. The molecule has 0 spiro atoms. The van der Waals surface area contributed by atoms with Gasteiger partial charge >= 0.3 is 5.97 Å². The summed E-state index contributed by atoms with van der Waals surface area (Å²) in [6.07, 6.45) is 5.24. The highest BCUT2D eigenvalue weighted by Crippen LogP contribution is 2.01. The largest absolute Gasteiger partial charge is 0.466 e. The lowest BCUT2D eigenvalue weighted by molar-refractivity contribution is -0.135. The molecule has 1 aromatic rings. The first-order valence-corrected chi connectivity index (χ1v) is 4.19. The molecule has 0 atom stereocenters. The number of nitrogens with zero attached hydrogens (tertiary/aromatic N) is 1. The Balaban J connectivity index is 2.50. The van der Waals surface area contributed by atoms with E-state index in [0.717, 1.165) is 12.2 Å². The van der Waals surface area contributed by atoms with E-state index in [9.17, 15) is 9.59 Å². The van der Waals surface area contributed by atoms with Gasteiger partial charge in [0.25, 0.3) is 0 Å². The third kappa shape index (κ3) is 4.04. The smallest absolute Gasteiger partial charge is 0.330 e. The van der Waals surface area contributed by atoms with E-state index >= 15 is 0 Å². The number of pyridine rings is 1. The molecule has 1 heterocycles. The number of esters is 1. The van der Waals surface area contributed by atoms with E-state index in [2.05, 4.69) is 15.0 Å². The predicted molar refractivity (Wildman–Crippen MR) is 54.0 cm³/mol. The molecule has 0 aliphatic heterocycles. The van der Waals surface area contributed by atoms with E-state index in [4.69, 9.17) is 0 Å². The van der Waals surface area contributed by atoms with Crippen LogP contribution in [-0.2, 0) is 14.3 Å². The highest BCUT2D eigenvalue weighted by molar-refractivity contribution is 6.02. The van der Waals surface area contributed by atoms with Crippen molar-refractivity contribution in [1.82, 2.24) is 4.98 Å². The van der Waals surface area contributed by atoms with Crippen LogP contribution in [0.15, 0.2) is 36.7 Å². The molecule has 78 valence electrons. The molecule has 0 aliphatic rings. The van der Waals surface area contributed by atoms with Crippen LogP contribution < -0.4 is 5.32 Å². The Labute approximate surface area is 86.8 Å². The standard InChI is InChI=1S/C10H10N2O3/c1-15-10(14)5-4-9(13)12-8-3-2-6-11-7-8/h2-7H,1H3,(H,12,13).